The third-order valence-electron chi connectivity index (χ3n) is 4.35. The normalized spacial score (nSPS) is 15.6. The lowest BCUT2D eigenvalue weighted by Gasteiger charge is -2.15. The predicted molar refractivity (Wildman–Crippen MR) is 95.2 cm³/mol. The van der Waals surface area contributed by atoms with Gasteiger partial charge in [0.2, 0.25) is 0 Å². The van der Waals surface area contributed by atoms with Gasteiger partial charge in [0.05, 0.1) is 13.7 Å². The number of methoxy groups -OCH3 is 1. The van der Waals surface area contributed by atoms with E-state index in [1.54, 1.807) is 16.9 Å². The number of hydrogen-bond acceptors (Lipinski definition) is 6. The highest BCUT2D eigenvalue weighted by Crippen LogP contribution is 2.34. The highest BCUT2D eigenvalue weighted by atomic mass is 32.2. The fraction of sp³-hybridized carbons (Fsp3) is 0.375. The second kappa shape index (κ2) is 6.61. The molecule has 1 aliphatic rings. The summed E-state index contributed by atoms with van der Waals surface area (Å²) in [5, 5.41) is 8.58. The lowest BCUT2D eigenvalue weighted by molar-refractivity contribution is 0.418. The minimum atomic E-state index is -3.66. The number of nitrogens with zero attached hydrogens (tertiary/aromatic N) is 4. The summed E-state index contributed by atoms with van der Waals surface area (Å²) in [7, 11) is -2.13. The van der Waals surface area contributed by atoms with Crippen molar-refractivity contribution in [2.45, 2.75) is 19.4 Å². The number of anilines is 1. The van der Waals surface area contributed by atoms with Crippen LogP contribution in [-0.2, 0) is 16.8 Å². The number of fused-ring (bicyclic) bond motifs is 1. The van der Waals surface area contributed by atoms with E-state index in [9.17, 15) is 8.42 Å². The zero-order valence-corrected chi connectivity index (χ0v) is 15.1. The largest absolute Gasteiger partial charge is 0.496 e. The number of benzene rings is 1. The average Bonchev–Trinajstić information content (AvgIpc) is 3.36. The van der Waals surface area contributed by atoms with Crippen LogP contribution in [-0.4, -0.2) is 47.9 Å². The molecule has 138 valence electrons. The van der Waals surface area contributed by atoms with Crippen molar-refractivity contribution < 1.29 is 17.7 Å². The van der Waals surface area contributed by atoms with Gasteiger partial charge in [-0.05, 0) is 36.6 Å². The van der Waals surface area contributed by atoms with E-state index in [1.165, 1.54) is 11.4 Å². The van der Waals surface area contributed by atoms with Crippen molar-refractivity contribution in [1.29, 1.82) is 0 Å². The average molecular weight is 377 g/mol. The van der Waals surface area contributed by atoms with Crippen LogP contribution in [0.2, 0.25) is 0 Å². The van der Waals surface area contributed by atoms with Crippen LogP contribution in [0.25, 0.3) is 11.0 Å². The molecule has 0 radical (unpaired) electrons. The van der Waals surface area contributed by atoms with E-state index < -0.39 is 10.2 Å². The van der Waals surface area contributed by atoms with Gasteiger partial charge in [-0.2, -0.15) is 17.8 Å². The van der Waals surface area contributed by atoms with Gasteiger partial charge in [-0.1, -0.05) is 5.16 Å². The van der Waals surface area contributed by atoms with Gasteiger partial charge >= 0.3 is 10.2 Å². The number of rotatable bonds is 6. The van der Waals surface area contributed by atoms with Gasteiger partial charge in [0.25, 0.3) is 0 Å². The van der Waals surface area contributed by atoms with Gasteiger partial charge < -0.3 is 9.26 Å². The molecule has 3 aromatic rings. The van der Waals surface area contributed by atoms with Gasteiger partial charge in [-0.15, -0.1) is 0 Å². The molecule has 26 heavy (non-hydrogen) atoms. The molecule has 4 rings (SSSR count). The van der Waals surface area contributed by atoms with E-state index in [0.29, 0.717) is 36.4 Å². The molecule has 0 amide bonds. The van der Waals surface area contributed by atoms with E-state index in [2.05, 4.69) is 15.0 Å². The molecular weight excluding hydrogens is 358 g/mol. The Morgan fingerprint density at radius 3 is 2.81 bits per heavy atom. The smallest absolute Gasteiger partial charge is 0.302 e. The van der Waals surface area contributed by atoms with Crippen LogP contribution in [0.15, 0.2) is 35.1 Å². The summed E-state index contributed by atoms with van der Waals surface area (Å²) < 4.78 is 41.5. The molecule has 0 bridgehead atoms. The Morgan fingerprint density at radius 2 is 2.12 bits per heavy atom. The Hall–Kier alpha value is -2.59. The number of aromatic nitrogens is 3. The summed E-state index contributed by atoms with van der Waals surface area (Å²) in [5.41, 5.74) is 1.36. The van der Waals surface area contributed by atoms with Gasteiger partial charge in [0.15, 0.2) is 11.4 Å². The first-order valence-electron chi connectivity index (χ1n) is 8.28. The van der Waals surface area contributed by atoms with Crippen molar-refractivity contribution in [2.75, 3.05) is 24.9 Å². The van der Waals surface area contributed by atoms with Crippen molar-refractivity contribution in [3.8, 4) is 5.75 Å². The fourth-order valence-electron chi connectivity index (χ4n) is 3.11. The fourth-order valence-corrected chi connectivity index (χ4v) is 4.36. The molecule has 10 heteroatoms. The van der Waals surface area contributed by atoms with Crippen LogP contribution >= 0.6 is 0 Å². The standard InChI is InChI=1S/C16H19N5O4S/c1-24-13-9-12(11-20-6-4-5-17-20)10-14-15(13)16(18-25-14)19-26(22,23)21-7-2-3-8-21/h4-6,9-10H,2-3,7-8,11H2,1H3,(H,18,19). The molecule has 1 aromatic carbocycles. The number of hydrogen-bond donors (Lipinski definition) is 1. The van der Waals surface area contributed by atoms with Gasteiger partial charge in [-0.3, -0.25) is 9.40 Å². The minimum absolute atomic E-state index is 0.134. The van der Waals surface area contributed by atoms with E-state index in [-0.39, 0.29) is 5.82 Å². The van der Waals surface area contributed by atoms with Crippen molar-refractivity contribution in [2.24, 2.45) is 0 Å². The highest BCUT2D eigenvalue weighted by molar-refractivity contribution is 7.90. The monoisotopic (exact) mass is 377 g/mol. The predicted octanol–water partition coefficient (Wildman–Crippen LogP) is 1.83. The van der Waals surface area contributed by atoms with Crippen LogP contribution in [0.4, 0.5) is 5.82 Å². The van der Waals surface area contributed by atoms with Crippen molar-refractivity contribution >= 4 is 27.0 Å². The molecule has 1 aliphatic heterocycles. The van der Waals surface area contributed by atoms with Crippen LogP contribution in [0.3, 0.4) is 0 Å². The zero-order valence-electron chi connectivity index (χ0n) is 14.3. The molecule has 0 atom stereocenters. The lowest BCUT2D eigenvalue weighted by Crippen LogP contribution is -2.33. The summed E-state index contributed by atoms with van der Waals surface area (Å²) in [6.45, 7) is 1.56. The Balaban J connectivity index is 1.68. The maximum Gasteiger partial charge on any atom is 0.302 e. The summed E-state index contributed by atoms with van der Waals surface area (Å²) in [6.07, 6.45) is 5.28. The van der Waals surface area contributed by atoms with Crippen molar-refractivity contribution in [1.82, 2.24) is 19.2 Å². The minimum Gasteiger partial charge on any atom is -0.496 e. The van der Waals surface area contributed by atoms with Crippen LogP contribution in [0.5, 0.6) is 5.75 Å². The molecule has 1 saturated heterocycles. The molecule has 0 saturated carbocycles. The Kier molecular flexibility index (Phi) is 4.29. The molecule has 1 fully saturated rings. The first kappa shape index (κ1) is 16.9. The van der Waals surface area contributed by atoms with Crippen molar-refractivity contribution in [3.05, 3.63) is 36.2 Å². The summed E-state index contributed by atoms with van der Waals surface area (Å²) >= 11 is 0. The molecule has 0 aliphatic carbocycles. The molecule has 9 nitrogen and oxygen atoms in total. The van der Waals surface area contributed by atoms with Gasteiger partial charge in [0, 0.05) is 25.5 Å². The number of ether oxygens (including phenoxy) is 1. The van der Waals surface area contributed by atoms with Gasteiger partial charge in [0.1, 0.15) is 11.1 Å². The molecule has 1 N–H and O–H groups in total. The number of nitrogens with one attached hydrogen (secondary N) is 1. The SMILES string of the molecule is COc1cc(Cn2cccn2)cc2onc(NS(=O)(=O)N3CCCC3)c12. The first-order chi connectivity index (χ1) is 12.6. The summed E-state index contributed by atoms with van der Waals surface area (Å²) in [4.78, 5) is 0. The first-order valence-corrected chi connectivity index (χ1v) is 9.72. The molecule has 0 spiro atoms. The Morgan fingerprint density at radius 1 is 1.31 bits per heavy atom. The topological polar surface area (TPSA) is 102 Å². The second-order valence-electron chi connectivity index (χ2n) is 6.12. The second-order valence-corrected chi connectivity index (χ2v) is 7.79. The van der Waals surface area contributed by atoms with E-state index in [0.717, 1.165) is 18.4 Å². The Bertz CT molecular complexity index is 1010. The van der Waals surface area contributed by atoms with E-state index in [1.807, 2.05) is 18.3 Å². The maximum atomic E-state index is 12.5. The Labute approximate surface area is 150 Å². The summed E-state index contributed by atoms with van der Waals surface area (Å²) in [5.74, 6) is 0.624. The summed E-state index contributed by atoms with van der Waals surface area (Å²) in [6, 6.07) is 5.48. The van der Waals surface area contributed by atoms with Crippen molar-refractivity contribution in [3.63, 3.8) is 0 Å². The third kappa shape index (κ3) is 3.13. The quantitative estimate of drug-likeness (QED) is 0.703. The van der Waals surface area contributed by atoms with E-state index in [4.69, 9.17) is 9.26 Å². The molecular formula is C16H19N5O4S. The molecule has 0 unspecified atom stereocenters. The highest BCUT2D eigenvalue weighted by Gasteiger charge is 2.28. The molecule has 2 aromatic heterocycles. The molecule has 3 heterocycles. The van der Waals surface area contributed by atoms with Crippen LogP contribution in [0.1, 0.15) is 18.4 Å². The van der Waals surface area contributed by atoms with Crippen LogP contribution < -0.4 is 9.46 Å². The third-order valence-corrected chi connectivity index (χ3v) is 5.85. The van der Waals surface area contributed by atoms with E-state index >= 15 is 0 Å². The maximum absolute atomic E-state index is 12.5. The lowest BCUT2D eigenvalue weighted by atomic mass is 10.1. The van der Waals surface area contributed by atoms with Crippen LogP contribution in [0, 0.1) is 0 Å². The zero-order chi connectivity index (χ0) is 18.1. The van der Waals surface area contributed by atoms with Gasteiger partial charge in [-0.25, -0.2) is 0 Å².